The molecule has 1 heterocycles. The summed E-state index contributed by atoms with van der Waals surface area (Å²) in [4.78, 5) is 9.02. The van der Waals surface area contributed by atoms with Gasteiger partial charge in [-0.15, -0.1) is 6.58 Å². The quantitative estimate of drug-likeness (QED) is 0.473. The number of aromatic nitrogens is 2. The van der Waals surface area contributed by atoms with Gasteiger partial charge in [-0.3, -0.25) is 0 Å². The van der Waals surface area contributed by atoms with Crippen molar-refractivity contribution in [3.63, 3.8) is 0 Å². The topological polar surface area (TPSA) is 30.2 Å². The van der Waals surface area contributed by atoms with E-state index in [2.05, 4.69) is 16.6 Å². The summed E-state index contributed by atoms with van der Waals surface area (Å²) in [6.45, 7) is 4.43. The summed E-state index contributed by atoms with van der Waals surface area (Å²) in [6.07, 6.45) is 3.52. The van der Waals surface area contributed by atoms with Gasteiger partial charge in [-0.05, 0) is 24.3 Å². The average molecular weight is 330 g/mol. The van der Waals surface area contributed by atoms with Crippen molar-refractivity contribution in [1.29, 1.82) is 0 Å². The van der Waals surface area contributed by atoms with Crippen LogP contribution in [0.3, 0.4) is 0 Å². The number of halogens is 2. The van der Waals surface area contributed by atoms with E-state index in [-0.39, 0.29) is 0 Å². The van der Waals surface area contributed by atoms with E-state index in [1.165, 1.54) is 0 Å². The Morgan fingerprint density at radius 2 is 2.00 bits per heavy atom. The van der Waals surface area contributed by atoms with E-state index in [9.17, 15) is 0 Å². The molecule has 0 saturated heterocycles. The third kappa shape index (κ3) is 2.91. The molecule has 0 bridgehead atoms. The Morgan fingerprint density at radius 1 is 1.18 bits per heavy atom. The molecule has 0 fully saturated rings. The lowest BCUT2D eigenvalue weighted by Gasteiger charge is -2.02. The third-order valence-electron chi connectivity index (χ3n) is 3.23. The van der Waals surface area contributed by atoms with Crippen LogP contribution in [0.2, 0.25) is 10.0 Å². The molecule has 0 unspecified atom stereocenters. The van der Waals surface area contributed by atoms with Crippen molar-refractivity contribution in [2.24, 2.45) is 4.99 Å². The van der Waals surface area contributed by atoms with Crippen LogP contribution in [0.1, 0.15) is 5.56 Å². The molecule has 0 aliphatic carbocycles. The van der Waals surface area contributed by atoms with Crippen LogP contribution in [0.25, 0.3) is 11.0 Å². The first-order valence-corrected chi connectivity index (χ1v) is 7.50. The first-order valence-electron chi connectivity index (χ1n) is 6.74. The number of para-hydroxylation sites is 2. The molecular weight excluding hydrogens is 317 g/mol. The number of hydrogen-bond donors (Lipinski definition) is 0. The molecule has 5 heteroatoms. The van der Waals surface area contributed by atoms with E-state index in [1.807, 2.05) is 41.0 Å². The highest BCUT2D eigenvalue weighted by molar-refractivity contribution is 6.36. The number of hydrogen-bond acceptors (Lipinski definition) is 2. The molecule has 3 aromatic rings. The summed E-state index contributed by atoms with van der Waals surface area (Å²) in [7, 11) is 0. The molecule has 0 N–H and O–H groups in total. The van der Waals surface area contributed by atoms with Crippen LogP contribution >= 0.6 is 23.2 Å². The first-order chi connectivity index (χ1) is 10.7. The molecule has 22 heavy (non-hydrogen) atoms. The van der Waals surface area contributed by atoms with Crippen molar-refractivity contribution < 1.29 is 0 Å². The lowest BCUT2D eigenvalue weighted by molar-refractivity contribution is 0.853. The molecule has 3 rings (SSSR count). The van der Waals surface area contributed by atoms with Gasteiger partial charge in [0.05, 0.1) is 16.1 Å². The molecule has 0 saturated carbocycles. The van der Waals surface area contributed by atoms with E-state index < -0.39 is 0 Å². The van der Waals surface area contributed by atoms with Crippen LogP contribution in [0.4, 0.5) is 5.95 Å². The largest absolute Gasteiger partial charge is 0.305 e. The number of rotatable bonds is 4. The summed E-state index contributed by atoms with van der Waals surface area (Å²) in [5.74, 6) is 0.618. The van der Waals surface area contributed by atoms with Crippen molar-refractivity contribution in [3.8, 4) is 0 Å². The van der Waals surface area contributed by atoms with Crippen molar-refractivity contribution in [2.45, 2.75) is 6.54 Å². The Bertz CT molecular complexity index is 865. The zero-order valence-corrected chi connectivity index (χ0v) is 13.2. The molecule has 2 aromatic carbocycles. The summed E-state index contributed by atoms with van der Waals surface area (Å²) < 4.78 is 2.00. The minimum Gasteiger partial charge on any atom is -0.305 e. The lowest BCUT2D eigenvalue weighted by atomic mass is 10.2. The van der Waals surface area contributed by atoms with Crippen LogP contribution in [-0.2, 0) is 6.54 Å². The zero-order chi connectivity index (χ0) is 15.5. The van der Waals surface area contributed by atoms with Gasteiger partial charge >= 0.3 is 0 Å². The summed E-state index contributed by atoms with van der Waals surface area (Å²) in [5.41, 5.74) is 2.72. The smallest absolute Gasteiger partial charge is 0.230 e. The van der Waals surface area contributed by atoms with Crippen LogP contribution in [0.5, 0.6) is 0 Å². The van der Waals surface area contributed by atoms with E-state index in [1.54, 1.807) is 18.3 Å². The van der Waals surface area contributed by atoms with Gasteiger partial charge in [-0.25, -0.2) is 9.98 Å². The SMILES string of the molecule is C=CCn1c(/N=C/c2ccc(Cl)cc2Cl)nc2ccccc21. The summed E-state index contributed by atoms with van der Waals surface area (Å²) >= 11 is 12.1. The minimum absolute atomic E-state index is 0.558. The normalized spacial score (nSPS) is 11.4. The fourth-order valence-corrected chi connectivity index (χ4v) is 2.66. The van der Waals surface area contributed by atoms with Crippen molar-refractivity contribution in [1.82, 2.24) is 9.55 Å². The second-order valence-corrected chi connectivity index (χ2v) is 5.57. The molecular formula is C17H13Cl2N3. The predicted molar refractivity (Wildman–Crippen MR) is 93.6 cm³/mol. The number of imidazole rings is 1. The number of fused-ring (bicyclic) bond motifs is 1. The van der Waals surface area contributed by atoms with Gasteiger partial charge < -0.3 is 4.57 Å². The summed E-state index contributed by atoms with van der Waals surface area (Å²) in [6, 6.07) is 13.2. The standard InChI is InChI=1S/C17H13Cl2N3/c1-2-9-22-16-6-4-3-5-15(16)21-17(22)20-11-12-7-8-13(18)10-14(12)19/h2-8,10-11H,1,9H2/b20-11+. The van der Waals surface area contributed by atoms with Gasteiger partial charge in [-0.1, -0.05) is 47.5 Å². The Kier molecular flexibility index (Phi) is 4.27. The van der Waals surface area contributed by atoms with Gasteiger partial charge in [0.25, 0.3) is 0 Å². The zero-order valence-electron chi connectivity index (χ0n) is 11.7. The maximum Gasteiger partial charge on any atom is 0.230 e. The fourth-order valence-electron chi connectivity index (χ4n) is 2.20. The second kappa shape index (κ2) is 6.34. The van der Waals surface area contributed by atoms with Crippen LogP contribution in [-0.4, -0.2) is 15.8 Å². The molecule has 0 spiro atoms. The Labute approximate surface area is 138 Å². The van der Waals surface area contributed by atoms with E-state index in [0.29, 0.717) is 22.5 Å². The molecule has 0 aliphatic rings. The molecule has 0 atom stereocenters. The molecule has 0 aliphatic heterocycles. The maximum absolute atomic E-state index is 6.16. The van der Waals surface area contributed by atoms with Gasteiger partial charge in [0.15, 0.2) is 0 Å². The summed E-state index contributed by atoms with van der Waals surface area (Å²) in [5, 5.41) is 1.16. The van der Waals surface area contributed by atoms with Gasteiger partial charge in [0.1, 0.15) is 0 Å². The molecule has 3 nitrogen and oxygen atoms in total. The molecule has 1 aromatic heterocycles. The second-order valence-electron chi connectivity index (χ2n) is 4.72. The van der Waals surface area contributed by atoms with Crippen molar-refractivity contribution >= 4 is 46.4 Å². The van der Waals surface area contributed by atoms with Crippen LogP contribution in [0, 0.1) is 0 Å². The van der Waals surface area contributed by atoms with Crippen LogP contribution in [0.15, 0.2) is 60.1 Å². The highest BCUT2D eigenvalue weighted by atomic mass is 35.5. The number of nitrogens with zero attached hydrogens (tertiary/aromatic N) is 3. The van der Waals surface area contributed by atoms with Gasteiger partial charge in [0.2, 0.25) is 5.95 Å². The Balaban J connectivity index is 2.04. The highest BCUT2D eigenvalue weighted by Crippen LogP contribution is 2.23. The maximum atomic E-state index is 6.16. The van der Waals surface area contributed by atoms with Gasteiger partial charge in [-0.2, -0.15) is 0 Å². The molecule has 0 radical (unpaired) electrons. The molecule has 110 valence electrons. The molecule has 0 amide bonds. The van der Waals surface area contributed by atoms with E-state index >= 15 is 0 Å². The predicted octanol–water partition coefficient (Wildman–Crippen LogP) is 5.28. The monoisotopic (exact) mass is 329 g/mol. The van der Waals surface area contributed by atoms with Crippen molar-refractivity contribution in [2.75, 3.05) is 0 Å². The Hall–Kier alpha value is -2.10. The number of benzene rings is 2. The number of allylic oxidation sites excluding steroid dienone is 1. The lowest BCUT2D eigenvalue weighted by Crippen LogP contribution is -1.94. The van der Waals surface area contributed by atoms with E-state index in [0.717, 1.165) is 16.6 Å². The van der Waals surface area contributed by atoms with Gasteiger partial charge in [0, 0.05) is 23.3 Å². The van der Waals surface area contributed by atoms with Crippen LogP contribution < -0.4 is 0 Å². The first kappa shape index (κ1) is 14.8. The fraction of sp³-hybridized carbons (Fsp3) is 0.0588. The van der Waals surface area contributed by atoms with E-state index in [4.69, 9.17) is 23.2 Å². The minimum atomic E-state index is 0.558. The Morgan fingerprint density at radius 3 is 2.77 bits per heavy atom. The highest BCUT2D eigenvalue weighted by Gasteiger charge is 2.08. The number of aliphatic imine (C=N–C) groups is 1. The van der Waals surface area contributed by atoms with Crippen molar-refractivity contribution in [3.05, 3.63) is 70.7 Å². The third-order valence-corrected chi connectivity index (χ3v) is 3.79. The average Bonchev–Trinajstić information content (AvgIpc) is 2.85.